The first-order valence-electron chi connectivity index (χ1n) is 6.25. The number of fused-ring (bicyclic) bond motifs is 1. The summed E-state index contributed by atoms with van der Waals surface area (Å²) < 4.78 is 2.03. The molecule has 2 N–H and O–H groups in total. The van der Waals surface area contributed by atoms with Crippen LogP contribution in [0.15, 0.2) is 17.5 Å². The molecule has 3 heterocycles. The molecule has 18 heavy (non-hydrogen) atoms. The molecule has 0 bridgehead atoms. The number of aryl methyl sites for hydroxylation is 1. The molecule has 2 aromatic rings. The number of nitrogens with one attached hydrogen (secondary N) is 1. The first-order valence-corrected chi connectivity index (χ1v) is 7.13. The summed E-state index contributed by atoms with van der Waals surface area (Å²) in [5.41, 5.74) is 2.33. The summed E-state index contributed by atoms with van der Waals surface area (Å²) in [7, 11) is 0. The molecule has 96 valence electrons. The van der Waals surface area contributed by atoms with Gasteiger partial charge >= 0.3 is 0 Å². The van der Waals surface area contributed by atoms with Gasteiger partial charge in [0.15, 0.2) is 0 Å². The monoisotopic (exact) mass is 263 g/mol. The van der Waals surface area contributed by atoms with E-state index < -0.39 is 0 Å². The summed E-state index contributed by atoms with van der Waals surface area (Å²) in [6.07, 6.45) is 0.833. The van der Waals surface area contributed by atoms with Gasteiger partial charge in [0.1, 0.15) is 11.5 Å². The molecule has 3 rings (SSSR count). The zero-order chi connectivity index (χ0) is 12.5. The first-order chi connectivity index (χ1) is 8.78. The van der Waals surface area contributed by atoms with Gasteiger partial charge in [0.25, 0.3) is 0 Å². The summed E-state index contributed by atoms with van der Waals surface area (Å²) in [4.78, 5) is 1.25. The van der Waals surface area contributed by atoms with E-state index in [1.165, 1.54) is 10.4 Å². The highest BCUT2D eigenvalue weighted by Gasteiger charge is 2.20. The molecule has 0 saturated carbocycles. The lowest BCUT2D eigenvalue weighted by Gasteiger charge is -2.23. The largest absolute Gasteiger partial charge is 0.396 e. The lowest BCUT2D eigenvalue weighted by atomic mass is 10.1. The van der Waals surface area contributed by atoms with Crippen LogP contribution < -0.4 is 5.32 Å². The van der Waals surface area contributed by atoms with Crippen LogP contribution in [0.2, 0.25) is 0 Å². The van der Waals surface area contributed by atoms with Crippen LogP contribution in [0.25, 0.3) is 10.6 Å². The summed E-state index contributed by atoms with van der Waals surface area (Å²) in [6.45, 7) is 4.19. The number of anilines is 1. The highest BCUT2D eigenvalue weighted by Crippen LogP contribution is 2.31. The maximum absolute atomic E-state index is 9.00. The van der Waals surface area contributed by atoms with E-state index in [-0.39, 0.29) is 6.61 Å². The second-order valence-electron chi connectivity index (χ2n) is 4.79. The number of nitrogens with zero attached hydrogens (tertiary/aromatic N) is 2. The summed E-state index contributed by atoms with van der Waals surface area (Å²) in [6, 6.07) is 4.24. The van der Waals surface area contributed by atoms with Gasteiger partial charge in [0.2, 0.25) is 0 Å². The van der Waals surface area contributed by atoms with Crippen molar-refractivity contribution in [3.05, 3.63) is 23.1 Å². The number of hydrogen-bond donors (Lipinski definition) is 2. The molecule has 4 nitrogen and oxygen atoms in total. The smallest absolute Gasteiger partial charge is 0.124 e. The highest BCUT2D eigenvalue weighted by atomic mass is 32.1. The Morgan fingerprint density at radius 2 is 2.50 bits per heavy atom. The fraction of sp³-hybridized carbons (Fsp3) is 0.462. The third-order valence-electron chi connectivity index (χ3n) is 3.42. The SMILES string of the molecule is Cc1ccsc1-c1cc2n(n1)CC(CCO)CN2. The average Bonchev–Trinajstić information content (AvgIpc) is 2.94. The molecule has 0 spiro atoms. The molecular weight excluding hydrogens is 246 g/mol. The van der Waals surface area contributed by atoms with Crippen molar-refractivity contribution in [2.75, 3.05) is 18.5 Å². The van der Waals surface area contributed by atoms with Crippen molar-refractivity contribution < 1.29 is 5.11 Å². The molecule has 0 radical (unpaired) electrons. The van der Waals surface area contributed by atoms with Crippen molar-refractivity contribution in [2.24, 2.45) is 5.92 Å². The Kier molecular flexibility index (Phi) is 3.09. The van der Waals surface area contributed by atoms with Crippen molar-refractivity contribution >= 4 is 17.2 Å². The maximum atomic E-state index is 9.00. The Bertz CT molecular complexity index is 546. The first kappa shape index (κ1) is 11.7. The van der Waals surface area contributed by atoms with Gasteiger partial charge in [-0.3, -0.25) is 0 Å². The van der Waals surface area contributed by atoms with Gasteiger partial charge in [-0.05, 0) is 36.3 Å². The normalized spacial score (nSPS) is 18.4. The van der Waals surface area contributed by atoms with Crippen LogP contribution in [0.4, 0.5) is 5.82 Å². The number of hydrogen-bond acceptors (Lipinski definition) is 4. The molecule has 0 aliphatic carbocycles. The predicted octanol–water partition coefficient (Wildman–Crippen LogP) is 2.34. The van der Waals surface area contributed by atoms with Gasteiger partial charge in [-0.1, -0.05) is 0 Å². The van der Waals surface area contributed by atoms with Crippen molar-refractivity contribution in [3.8, 4) is 10.6 Å². The van der Waals surface area contributed by atoms with E-state index in [2.05, 4.69) is 34.9 Å². The topological polar surface area (TPSA) is 50.1 Å². The van der Waals surface area contributed by atoms with Crippen LogP contribution in [0.1, 0.15) is 12.0 Å². The quantitative estimate of drug-likeness (QED) is 0.893. The Balaban J connectivity index is 1.87. The van der Waals surface area contributed by atoms with E-state index in [0.717, 1.165) is 31.0 Å². The minimum absolute atomic E-state index is 0.250. The zero-order valence-corrected chi connectivity index (χ0v) is 11.2. The molecule has 1 aliphatic heterocycles. The summed E-state index contributed by atoms with van der Waals surface area (Å²) >= 11 is 1.73. The third kappa shape index (κ3) is 2.04. The second-order valence-corrected chi connectivity index (χ2v) is 5.70. The minimum Gasteiger partial charge on any atom is -0.396 e. The number of aliphatic hydroxyl groups excluding tert-OH is 1. The lowest BCUT2D eigenvalue weighted by molar-refractivity contribution is 0.244. The van der Waals surface area contributed by atoms with Crippen LogP contribution in [-0.2, 0) is 6.54 Å². The molecule has 0 fully saturated rings. The van der Waals surface area contributed by atoms with E-state index in [1.54, 1.807) is 11.3 Å². The van der Waals surface area contributed by atoms with E-state index >= 15 is 0 Å². The molecule has 0 aromatic carbocycles. The van der Waals surface area contributed by atoms with E-state index in [1.807, 2.05) is 4.68 Å². The Morgan fingerprint density at radius 1 is 1.61 bits per heavy atom. The standard InChI is InChI=1S/C13H17N3OS/c1-9-3-5-18-13(9)11-6-12-14-7-10(2-4-17)8-16(12)15-11/h3,5-6,10,14,17H,2,4,7-8H2,1H3. The predicted molar refractivity (Wildman–Crippen MR) is 74.0 cm³/mol. The van der Waals surface area contributed by atoms with E-state index in [9.17, 15) is 0 Å². The van der Waals surface area contributed by atoms with Gasteiger partial charge < -0.3 is 10.4 Å². The van der Waals surface area contributed by atoms with Crippen LogP contribution in [-0.4, -0.2) is 28.0 Å². The fourth-order valence-electron chi connectivity index (χ4n) is 2.38. The molecule has 0 saturated heterocycles. The van der Waals surface area contributed by atoms with Crippen LogP contribution in [0.3, 0.4) is 0 Å². The van der Waals surface area contributed by atoms with Crippen molar-refractivity contribution in [2.45, 2.75) is 19.9 Å². The van der Waals surface area contributed by atoms with Crippen LogP contribution >= 0.6 is 11.3 Å². The van der Waals surface area contributed by atoms with Crippen molar-refractivity contribution in [1.82, 2.24) is 9.78 Å². The van der Waals surface area contributed by atoms with E-state index in [4.69, 9.17) is 5.11 Å². The maximum Gasteiger partial charge on any atom is 0.124 e. The fourth-order valence-corrected chi connectivity index (χ4v) is 3.26. The zero-order valence-electron chi connectivity index (χ0n) is 10.4. The lowest BCUT2D eigenvalue weighted by Crippen LogP contribution is -2.28. The van der Waals surface area contributed by atoms with Gasteiger partial charge in [-0.2, -0.15) is 5.10 Å². The molecule has 0 amide bonds. The Hall–Kier alpha value is -1.33. The minimum atomic E-state index is 0.250. The number of thiophene rings is 1. The van der Waals surface area contributed by atoms with Crippen LogP contribution in [0.5, 0.6) is 0 Å². The highest BCUT2D eigenvalue weighted by molar-refractivity contribution is 7.13. The molecule has 1 aliphatic rings. The van der Waals surface area contributed by atoms with E-state index in [0.29, 0.717) is 5.92 Å². The average molecular weight is 263 g/mol. The van der Waals surface area contributed by atoms with Crippen molar-refractivity contribution in [1.29, 1.82) is 0 Å². The third-order valence-corrected chi connectivity index (χ3v) is 4.45. The van der Waals surface area contributed by atoms with Gasteiger partial charge in [-0.15, -0.1) is 11.3 Å². The second kappa shape index (κ2) is 4.74. The van der Waals surface area contributed by atoms with Crippen molar-refractivity contribution in [3.63, 3.8) is 0 Å². The molecule has 5 heteroatoms. The number of aromatic nitrogens is 2. The Morgan fingerprint density at radius 3 is 3.22 bits per heavy atom. The molecule has 1 unspecified atom stereocenters. The summed E-state index contributed by atoms with van der Waals surface area (Å²) in [5.74, 6) is 1.56. The number of rotatable bonds is 3. The molecule has 2 aromatic heterocycles. The van der Waals surface area contributed by atoms with Gasteiger partial charge in [-0.25, -0.2) is 4.68 Å². The molecular formula is C13H17N3OS. The number of aliphatic hydroxyl groups is 1. The van der Waals surface area contributed by atoms with Gasteiger partial charge in [0, 0.05) is 25.8 Å². The van der Waals surface area contributed by atoms with Gasteiger partial charge in [0.05, 0.1) is 4.88 Å². The Labute approximate surface area is 110 Å². The molecule has 1 atom stereocenters. The van der Waals surface area contributed by atoms with Crippen LogP contribution in [0, 0.1) is 12.8 Å². The summed E-state index contributed by atoms with van der Waals surface area (Å²) in [5, 5.41) is 19.2.